The van der Waals surface area contributed by atoms with Crippen molar-refractivity contribution >= 4 is 12.4 Å². The maximum Gasteiger partial charge on any atom is 0.0218 e. The van der Waals surface area contributed by atoms with Gasteiger partial charge in [-0.25, -0.2) is 0 Å². The van der Waals surface area contributed by atoms with Crippen molar-refractivity contribution < 1.29 is 0 Å². The largest absolute Gasteiger partial charge is 0.325 e. The predicted molar refractivity (Wildman–Crippen MR) is 102 cm³/mol. The van der Waals surface area contributed by atoms with E-state index in [4.69, 9.17) is 5.73 Å². The van der Waals surface area contributed by atoms with Crippen LogP contribution in [0, 0.1) is 0 Å². The average molecular weight is 326 g/mol. The SMILES string of the molecule is CCCCCCCCC(c1ccccc1)C(N)(CC)CC.Cl. The number of hydrogen-bond donors (Lipinski definition) is 1. The first-order chi connectivity index (χ1) is 10.2. The van der Waals surface area contributed by atoms with Crippen LogP contribution in [0.2, 0.25) is 0 Å². The Balaban J connectivity index is 0.00000441. The zero-order valence-electron chi connectivity index (χ0n) is 14.8. The van der Waals surface area contributed by atoms with Crippen molar-refractivity contribution in [1.29, 1.82) is 0 Å². The Bertz CT molecular complexity index is 359. The Morgan fingerprint density at radius 2 is 1.41 bits per heavy atom. The number of unbranched alkanes of at least 4 members (excludes halogenated alkanes) is 5. The van der Waals surface area contributed by atoms with E-state index >= 15 is 0 Å². The highest BCUT2D eigenvalue weighted by molar-refractivity contribution is 5.85. The summed E-state index contributed by atoms with van der Waals surface area (Å²) in [5.41, 5.74) is 8.11. The van der Waals surface area contributed by atoms with Gasteiger partial charge < -0.3 is 5.73 Å². The molecule has 0 heterocycles. The quantitative estimate of drug-likeness (QED) is 0.464. The minimum Gasteiger partial charge on any atom is -0.325 e. The molecule has 0 aliphatic rings. The Morgan fingerprint density at radius 3 is 1.95 bits per heavy atom. The number of nitrogens with two attached hydrogens (primary N) is 1. The molecule has 0 spiro atoms. The maximum absolute atomic E-state index is 6.74. The van der Waals surface area contributed by atoms with Gasteiger partial charge >= 0.3 is 0 Å². The number of benzene rings is 1. The molecule has 22 heavy (non-hydrogen) atoms. The summed E-state index contributed by atoms with van der Waals surface area (Å²) in [6.45, 7) is 6.75. The smallest absolute Gasteiger partial charge is 0.0218 e. The molecular formula is C20H36ClN. The van der Waals surface area contributed by atoms with E-state index in [2.05, 4.69) is 51.1 Å². The van der Waals surface area contributed by atoms with E-state index in [9.17, 15) is 0 Å². The van der Waals surface area contributed by atoms with Crippen LogP contribution in [0.15, 0.2) is 30.3 Å². The Hall–Kier alpha value is -0.530. The van der Waals surface area contributed by atoms with Crippen molar-refractivity contribution in [3.05, 3.63) is 35.9 Å². The van der Waals surface area contributed by atoms with E-state index in [0.717, 1.165) is 12.8 Å². The standard InChI is InChI=1S/C20H35N.ClH/c1-4-7-8-9-10-14-17-19(20(21,5-2)6-3)18-15-12-11-13-16-18;/h11-13,15-16,19H,4-10,14,17,21H2,1-3H3;1H. The third-order valence-electron chi connectivity index (χ3n) is 5.06. The van der Waals surface area contributed by atoms with E-state index in [1.54, 1.807) is 0 Å². The minimum atomic E-state index is -0.0508. The molecule has 1 aromatic rings. The van der Waals surface area contributed by atoms with E-state index < -0.39 is 0 Å². The lowest BCUT2D eigenvalue weighted by Crippen LogP contribution is -2.44. The van der Waals surface area contributed by atoms with Gasteiger partial charge in [-0.15, -0.1) is 12.4 Å². The molecule has 0 aromatic heterocycles. The Kier molecular flexibility index (Phi) is 11.7. The van der Waals surface area contributed by atoms with Crippen molar-refractivity contribution in [2.75, 3.05) is 0 Å². The van der Waals surface area contributed by atoms with Crippen LogP contribution in [0.1, 0.15) is 90.0 Å². The second-order valence-corrected chi connectivity index (χ2v) is 6.46. The third kappa shape index (κ3) is 6.71. The number of rotatable bonds is 11. The van der Waals surface area contributed by atoms with Crippen molar-refractivity contribution in [3.8, 4) is 0 Å². The highest BCUT2D eigenvalue weighted by atomic mass is 35.5. The maximum atomic E-state index is 6.74. The third-order valence-corrected chi connectivity index (χ3v) is 5.06. The average Bonchev–Trinajstić information content (AvgIpc) is 2.54. The monoisotopic (exact) mass is 325 g/mol. The Morgan fingerprint density at radius 1 is 0.864 bits per heavy atom. The molecule has 2 heteroatoms. The molecule has 0 saturated heterocycles. The van der Waals surface area contributed by atoms with Gasteiger partial charge in [0, 0.05) is 11.5 Å². The first-order valence-corrected chi connectivity index (χ1v) is 9.01. The van der Waals surface area contributed by atoms with Crippen LogP contribution >= 0.6 is 12.4 Å². The van der Waals surface area contributed by atoms with E-state index in [-0.39, 0.29) is 17.9 Å². The lowest BCUT2D eigenvalue weighted by atomic mass is 9.73. The van der Waals surface area contributed by atoms with Crippen molar-refractivity contribution in [2.45, 2.75) is 90.0 Å². The molecule has 1 unspecified atom stereocenters. The summed E-state index contributed by atoms with van der Waals surface area (Å²) >= 11 is 0. The van der Waals surface area contributed by atoms with Gasteiger partial charge in [-0.3, -0.25) is 0 Å². The Labute approximate surface area is 144 Å². The van der Waals surface area contributed by atoms with Crippen LogP contribution in [0.3, 0.4) is 0 Å². The van der Waals surface area contributed by atoms with E-state index in [1.807, 2.05) is 0 Å². The molecule has 1 nitrogen and oxygen atoms in total. The summed E-state index contributed by atoms with van der Waals surface area (Å²) in [4.78, 5) is 0. The molecule has 0 aliphatic heterocycles. The van der Waals surface area contributed by atoms with Gasteiger partial charge in [0.15, 0.2) is 0 Å². The molecule has 128 valence electrons. The van der Waals surface area contributed by atoms with Crippen LogP contribution < -0.4 is 5.73 Å². The molecule has 1 rings (SSSR count). The van der Waals surface area contributed by atoms with Crippen LogP contribution in [0.4, 0.5) is 0 Å². The van der Waals surface area contributed by atoms with Gasteiger partial charge in [0.05, 0.1) is 0 Å². The van der Waals surface area contributed by atoms with Gasteiger partial charge in [-0.05, 0) is 24.8 Å². The summed E-state index contributed by atoms with van der Waals surface area (Å²) < 4.78 is 0. The van der Waals surface area contributed by atoms with Crippen LogP contribution in [-0.2, 0) is 0 Å². The fourth-order valence-electron chi connectivity index (χ4n) is 3.34. The zero-order valence-corrected chi connectivity index (χ0v) is 15.6. The molecular weight excluding hydrogens is 290 g/mol. The summed E-state index contributed by atoms with van der Waals surface area (Å²) in [5, 5.41) is 0. The molecule has 1 aromatic carbocycles. The first kappa shape index (κ1) is 21.5. The van der Waals surface area contributed by atoms with Crippen LogP contribution in [0.25, 0.3) is 0 Å². The normalized spacial score (nSPS) is 12.7. The summed E-state index contributed by atoms with van der Waals surface area (Å²) in [6, 6.07) is 10.9. The first-order valence-electron chi connectivity index (χ1n) is 9.01. The highest BCUT2D eigenvalue weighted by Crippen LogP contribution is 2.36. The fourth-order valence-corrected chi connectivity index (χ4v) is 3.34. The molecule has 2 N–H and O–H groups in total. The lowest BCUT2D eigenvalue weighted by Gasteiger charge is -2.37. The molecule has 1 atom stereocenters. The zero-order chi connectivity index (χ0) is 15.6. The van der Waals surface area contributed by atoms with Crippen LogP contribution in [0.5, 0.6) is 0 Å². The van der Waals surface area contributed by atoms with Crippen molar-refractivity contribution in [3.63, 3.8) is 0 Å². The lowest BCUT2D eigenvalue weighted by molar-refractivity contribution is 0.300. The second kappa shape index (κ2) is 12.0. The molecule has 0 amide bonds. The summed E-state index contributed by atoms with van der Waals surface area (Å²) in [6.07, 6.45) is 11.5. The summed E-state index contributed by atoms with van der Waals surface area (Å²) in [5.74, 6) is 0.500. The molecule has 0 bridgehead atoms. The van der Waals surface area contributed by atoms with Gasteiger partial charge in [-0.1, -0.05) is 89.6 Å². The van der Waals surface area contributed by atoms with Crippen LogP contribution in [-0.4, -0.2) is 5.54 Å². The van der Waals surface area contributed by atoms with Gasteiger partial charge in [-0.2, -0.15) is 0 Å². The van der Waals surface area contributed by atoms with Gasteiger partial charge in [0.25, 0.3) is 0 Å². The molecule has 0 radical (unpaired) electrons. The molecule has 0 aliphatic carbocycles. The fraction of sp³-hybridized carbons (Fsp3) is 0.700. The van der Waals surface area contributed by atoms with Gasteiger partial charge in [0.2, 0.25) is 0 Å². The predicted octanol–water partition coefficient (Wildman–Crippen LogP) is 6.46. The number of halogens is 1. The number of hydrogen-bond acceptors (Lipinski definition) is 1. The topological polar surface area (TPSA) is 26.0 Å². The summed E-state index contributed by atoms with van der Waals surface area (Å²) in [7, 11) is 0. The second-order valence-electron chi connectivity index (χ2n) is 6.46. The minimum absolute atomic E-state index is 0. The molecule has 0 saturated carbocycles. The van der Waals surface area contributed by atoms with E-state index in [1.165, 1.54) is 50.5 Å². The van der Waals surface area contributed by atoms with Crippen molar-refractivity contribution in [2.24, 2.45) is 5.73 Å². The molecule has 0 fully saturated rings. The van der Waals surface area contributed by atoms with E-state index in [0.29, 0.717) is 5.92 Å². The van der Waals surface area contributed by atoms with Gasteiger partial charge in [0.1, 0.15) is 0 Å². The van der Waals surface area contributed by atoms with Crippen molar-refractivity contribution in [1.82, 2.24) is 0 Å². The highest BCUT2D eigenvalue weighted by Gasteiger charge is 2.32.